The monoisotopic (exact) mass is 328 g/mol. The van der Waals surface area contributed by atoms with Gasteiger partial charge in [-0.1, -0.05) is 42.4 Å². The fraction of sp³-hybridized carbons (Fsp3) is 0.500. The normalized spacial score (nSPS) is 18.8. The van der Waals surface area contributed by atoms with E-state index in [-0.39, 0.29) is 11.9 Å². The van der Waals surface area contributed by atoms with Crippen molar-refractivity contribution in [1.29, 1.82) is 0 Å². The summed E-state index contributed by atoms with van der Waals surface area (Å²) in [5.74, 6) is 1.40. The second kappa shape index (κ2) is 7.57. The molecule has 1 aliphatic heterocycles. The molecule has 0 radical (unpaired) electrons. The standard InChI is InChI=1S/C18H24N4O2/c1-3-16-19-17(24-20-16)9-10-18(23)22-12-11-21(2)15(13-22)14-7-5-4-6-8-14/h4-8,15H,3,9-13H2,1-2H3/t15-/m0/s1. The lowest BCUT2D eigenvalue weighted by Crippen LogP contribution is -2.49. The van der Waals surface area contributed by atoms with Crippen molar-refractivity contribution in [2.75, 3.05) is 26.7 Å². The van der Waals surface area contributed by atoms with E-state index in [2.05, 4.69) is 34.2 Å². The van der Waals surface area contributed by atoms with Crippen molar-refractivity contribution >= 4 is 5.91 Å². The van der Waals surface area contributed by atoms with Crippen molar-refractivity contribution < 1.29 is 9.32 Å². The van der Waals surface area contributed by atoms with Crippen molar-refractivity contribution in [1.82, 2.24) is 19.9 Å². The fourth-order valence-corrected chi connectivity index (χ4v) is 3.04. The Labute approximate surface area is 142 Å². The molecule has 3 rings (SSSR count). The fourth-order valence-electron chi connectivity index (χ4n) is 3.04. The highest BCUT2D eigenvalue weighted by Gasteiger charge is 2.28. The van der Waals surface area contributed by atoms with Crippen LogP contribution in [0.3, 0.4) is 0 Å². The summed E-state index contributed by atoms with van der Waals surface area (Å²) >= 11 is 0. The van der Waals surface area contributed by atoms with Crippen LogP contribution in [0.1, 0.15) is 36.7 Å². The molecule has 0 bridgehead atoms. The number of hydrogen-bond donors (Lipinski definition) is 0. The Morgan fingerprint density at radius 1 is 1.29 bits per heavy atom. The Kier molecular flexibility index (Phi) is 5.25. The van der Waals surface area contributed by atoms with E-state index in [0.717, 1.165) is 26.1 Å². The molecule has 1 fully saturated rings. The van der Waals surface area contributed by atoms with Crippen molar-refractivity contribution in [2.24, 2.45) is 0 Å². The number of piperazine rings is 1. The van der Waals surface area contributed by atoms with Crippen molar-refractivity contribution in [2.45, 2.75) is 32.2 Å². The maximum absolute atomic E-state index is 12.5. The van der Waals surface area contributed by atoms with Crippen LogP contribution in [0.2, 0.25) is 0 Å². The van der Waals surface area contributed by atoms with Gasteiger partial charge in [0.15, 0.2) is 5.82 Å². The van der Waals surface area contributed by atoms with Crippen LogP contribution >= 0.6 is 0 Å². The second-order valence-corrected chi connectivity index (χ2v) is 6.20. The molecule has 1 aliphatic rings. The molecule has 6 heteroatoms. The van der Waals surface area contributed by atoms with Crippen LogP contribution in [0, 0.1) is 0 Å². The van der Waals surface area contributed by atoms with Crippen LogP contribution < -0.4 is 0 Å². The highest BCUT2D eigenvalue weighted by atomic mass is 16.5. The summed E-state index contributed by atoms with van der Waals surface area (Å²) in [7, 11) is 2.12. The average molecular weight is 328 g/mol. The highest BCUT2D eigenvalue weighted by molar-refractivity contribution is 5.76. The maximum atomic E-state index is 12.5. The summed E-state index contributed by atoms with van der Waals surface area (Å²) in [6.07, 6.45) is 1.67. The zero-order valence-corrected chi connectivity index (χ0v) is 14.3. The van der Waals surface area contributed by atoms with Crippen LogP contribution in [-0.2, 0) is 17.6 Å². The molecule has 0 saturated carbocycles. The lowest BCUT2D eigenvalue weighted by Gasteiger charge is -2.39. The molecule has 6 nitrogen and oxygen atoms in total. The van der Waals surface area contributed by atoms with Crippen molar-refractivity contribution in [3.8, 4) is 0 Å². The van der Waals surface area contributed by atoms with Crippen molar-refractivity contribution in [3.05, 3.63) is 47.6 Å². The molecule has 1 atom stereocenters. The second-order valence-electron chi connectivity index (χ2n) is 6.20. The number of nitrogens with zero attached hydrogens (tertiary/aromatic N) is 4. The Morgan fingerprint density at radius 2 is 2.08 bits per heavy atom. The first-order chi connectivity index (χ1) is 11.7. The lowest BCUT2D eigenvalue weighted by atomic mass is 10.0. The summed E-state index contributed by atoms with van der Waals surface area (Å²) in [5.41, 5.74) is 1.25. The molecular formula is C18H24N4O2. The first-order valence-corrected chi connectivity index (χ1v) is 8.51. The van der Waals surface area contributed by atoms with Crippen LogP contribution in [0.25, 0.3) is 0 Å². The molecule has 1 aromatic heterocycles. The van der Waals surface area contributed by atoms with Gasteiger partial charge in [0, 0.05) is 38.9 Å². The van der Waals surface area contributed by atoms with Gasteiger partial charge >= 0.3 is 0 Å². The van der Waals surface area contributed by atoms with Crippen LogP contribution in [-0.4, -0.2) is 52.5 Å². The summed E-state index contributed by atoms with van der Waals surface area (Å²) in [4.78, 5) is 21.1. The molecule has 2 aromatic rings. The number of aryl methyl sites for hydroxylation is 2. The van der Waals surface area contributed by atoms with Crippen LogP contribution in [0.4, 0.5) is 0 Å². The number of hydrogen-bond acceptors (Lipinski definition) is 5. The number of amides is 1. The van der Waals surface area contributed by atoms with E-state index in [1.165, 1.54) is 5.56 Å². The molecular weight excluding hydrogens is 304 g/mol. The Balaban J connectivity index is 1.58. The lowest BCUT2D eigenvalue weighted by molar-refractivity contribution is -0.134. The number of carbonyl (C=O) groups excluding carboxylic acids is 1. The quantitative estimate of drug-likeness (QED) is 0.841. The predicted octanol–water partition coefficient (Wildman–Crippen LogP) is 2.08. The molecule has 0 N–H and O–H groups in total. The van der Waals surface area contributed by atoms with Gasteiger partial charge in [0.2, 0.25) is 11.8 Å². The molecule has 0 aliphatic carbocycles. The van der Waals surface area contributed by atoms with Gasteiger partial charge < -0.3 is 9.42 Å². The molecule has 0 unspecified atom stereocenters. The summed E-state index contributed by atoms with van der Waals surface area (Å²) in [6.45, 7) is 4.35. The zero-order chi connectivity index (χ0) is 16.9. The van der Waals surface area contributed by atoms with Gasteiger partial charge in [-0.15, -0.1) is 0 Å². The maximum Gasteiger partial charge on any atom is 0.227 e. The predicted molar refractivity (Wildman–Crippen MR) is 90.4 cm³/mol. The van der Waals surface area contributed by atoms with Gasteiger partial charge in [-0.25, -0.2) is 0 Å². The van der Waals surface area contributed by atoms with E-state index in [9.17, 15) is 4.79 Å². The topological polar surface area (TPSA) is 62.5 Å². The number of aromatic nitrogens is 2. The number of likely N-dealkylation sites (N-methyl/N-ethyl adjacent to an activating group) is 1. The Hall–Kier alpha value is -2.21. The largest absolute Gasteiger partial charge is 0.339 e. The molecule has 128 valence electrons. The van der Waals surface area contributed by atoms with E-state index < -0.39 is 0 Å². The number of benzene rings is 1. The molecule has 1 aromatic carbocycles. The van der Waals surface area contributed by atoms with Gasteiger partial charge in [0.05, 0.1) is 6.04 Å². The summed E-state index contributed by atoms with van der Waals surface area (Å²) in [5, 5.41) is 3.87. The number of rotatable bonds is 5. The van der Waals surface area contributed by atoms with Crippen LogP contribution in [0.5, 0.6) is 0 Å². The smallest absolute Gasteiger partial charge is 0.227 e. The average Bonchev–Trinajstić information content (AvgIpc) is 3.09. The van der Waals surface area contributed by atoms with Gasteiger partial charge in [-0.05, 0) is 12.6 Å². The SMILES string of the molecule is CCc1noc(CCC(=O)N2CCN(C)[C@H](c3ccccc3)C2)n1. The third-order valence-corrected chi connectivity index (χ3v) is 4.56. The summed E-state index contributed by atoms with van der Waals surface area (Å²) < 4.78 is 5.16. The zero-order valence-electron chi connectivity index (χ0n) is 14.3. The van der Waals surface area contributed by atoms with E-state index in [1.807, 2.05) is 30.0 Å². The third-order valence-electron chi connectivity index (χ3n) is 4.56. The minimum atomic E-state index is 0.153. The first-order valence-electron chi connectivity index (χ1n) is 8.51. The minimum Gasteiger partial charge on any atom is -0.339 e. The molecule has 1 saturated heterocycles. The van der Waals surface area contributed by atoms with Gasteiger partial charge in [-0.3, -0.25) is 9.69 Å². The van der Waals surface area contributed by atoms with Gasteiger partial charge in [0.25, 0.3) is 0 Å². The van der Waals surface area contributed by atoms with Crippen molar-refractivity contribution in [3.63, 3.8) is 0 Å². The van der Waals surface area contributed by atoms with Gasteiger partial charge in [0.1, 0.15) is 0 Å². The first kappa shape index (κ1) is 16.6. The summed E-state index contributed by atoms with van der Waals surface area (Å²) in [6, 6.07) is 10.6. The van der Waals surface area contributed by atoms with E-state index in [4.69, 9.17) is 4.52 Å². The molecule has 0 spiro atoms. The van der Waals surface area contributed by atoms with E-state index >= 15 is 0 Å². The van der Waals surface area contributed by atoms with Crippen LogP contribution in [0.15, 0.2) is 34.9 Å². The van der Waals surface area contributed by atoms with Gasteiger partial charge in [-0.2, -0.15) is 4.98 Å². The van der Waals surface area contributed by atoms with E-state index in [1.54, 1.807) is 0 Å². The van der Waals surface area contributed by atoms with E-state index in [0.29, 0.717) is 24.6 Å². The Bertz CT molecular complexity index is 671. The molecule has 1 amide bonds. The molecule has 24 heavy (non-hydrogen) atoms. The third kappa shape index (κ3) is 3.82. The molecule has 2 heterocycles. The number of carbonyl (C=O) groups is 1. The minimum absolute atomic E-state index is 0.153. The highest BCUT2D eigenvalue weighted by Crippen LogP contribution is 2.24. The Morgan fingerprint density at radius 3 is 2.79 bits per heavy atom.